The summed E-state index contributed by atoms with van der Waals surface area (Å²) in [7, 11) is 1.88. The molecule has 0 fully saturated rings. The molecule has 2 N–H and O–H groups in total. The molecule has 0 atom stereocenters. The first kappa shape index (κ1) is 13.5. The quantitative estimate of drug-likeness (QED) is 0.606. The lowest BCUT2D eigenvalue weighted by Crippen LogP contribution is -2.39. The molecule has 0 spiro atoms. The first-order valence-electron chi connectivity index (χ1n) is 4.83. The molecule has 0 bridgehead atoms. The first-order valence-corrected chi connectivity index (χ1v) is 4.83. The number of aliphatic hydroxyl groups excluding tert-OH is 2. The van der Waals surface area contributed by atoms with E-state index in [0.717, 1.165) is 0 Å². The average molecular weight is 203 g/mol. The second-order valence-electron chi connectivity index (χ2n) is 4.32. The van der Waals surface area contributed by atoms with Gasteiger partial charge in [0.25, 0.3) is 0 Å². The van der Waals surface area contributed by atoms with Crippen molar-refractivity contribution in [2.24, 2.45) is 5.41 Å². The zero-order valence-corrected chi connectivity index (χ0v) is 9.29. The number of hydrogen-bond acceptors (Lipinski definition) is 4. The number of carbonyl (C=O) groups is 1. The van der Waals surface area contributed by atoms with Crippen molar-refractivity contribution in [3.63, 3.8) is 0 Å². The van der Waals surface area contributed by atoms with Crippen molar-refractivity contribution in [2.75, 3.05) is 33.4 Å². The summed E-state index contributed by atoms with van der Waals surface area (Å²) in [5.74, 6) is 0.159. The number of Topliss-reactive ketones (excluding diaryl/α,β-unsaturated/α-hetero) is 1. The maximum Gasteiger partial charge on any atom is 0.131 e. The van der Waals surface area contributed by atoms with Crippen LogP contribution in [-0.4, -0.2) is 54.2 Å². The molecule has 0 aliphatic carbocycles. The molecule has 0 rings (SSSR count). The number of aliphatic hydroxyl groups is 2. The van der Waals surface area contributed by atoms with Gasteiger partial charge in [0, 0.05) is 24.9 Å². The predicted octanol–water partition coefficient (Wildman–Crippen LogP) is -0.112. The minimum absolute atomic E-state index is 0.0477. The van der Waals surface area contributed by atoms with Crippen molar-refractivity contribution in [1.29, 1.82) is 0 Å². The Balaban J connectivity index is 3.90. The average Bonchev–Trinajstić information content (AvgIpc) is 2.14. The monoisotopic (exact) mass is 203 g/mol. The molecule has 0 aromatic rings. The van der Waals surface area contributed by atoms with Crippen LogP contribution in [-0.2, 0) is 4.79 Å². The van der Waals surface area contributed by atoms with Gasteiger partial charge in [0.2, 0.25) is 0 Å². The lowest BCUT2D eigenvalue weighted by Gasteiger charge is -2.30. The number of carbonyl (C=O) groups excluding carboxylic acids is 1. The molecule has 0 aromatic heterocycles. The van der Waals surface area contributed by atoms with E-state index in [4.69, 9.17) is 10.2 Å². The van der Waals surface area contributed by atoms with E-state index in [9.17, 15) is 4.79 Å². The van der Waals surface area contributed by atoms with E-state index in [1.54, 1.807) is 6.92 Å². The SMILES string of the molecule is CC(=O)CCN(C)CC(C)(CO)CO. The van der Waals surface area contributed by atoms with E-state index in [1.165, 1.54) is 0 Å². The van der Waals surface area contributed by atoms with Gasteiger partial charge in [-0.2, -0.15) is 0 Å². The van der Waals surface area contributed by atoms with Crippen LogP contribution in [0.3, 0.4) is 0 Å². The number of nitrogens with zero attached hydrogens (tertiary/aromatic N) is 1. The van der Waals surface area contributed by atoms with Crippen LogP contribution in [0.1, 0.15) is 20.3 Å². The fraction of sp³-hybridized carbons (Fsp3) is 0.900. The summed E-state index contributed by atoms with van der Waals surface area (Å²) in [6.45, 7) is 4.54. The van der Waals surface area contributed by atoms with E-state index in [2.05, 4.69) is 0 Å². The molecule has 0 saturated carbocycles. The topological polar surface area (TPSA) is 60.8 Å². The van der Waals surface area contributed by atoms with Gasteiger partial charge in [0.1, 0.15) is 5.78 Å². The highest BCUT2D eigenvalue weighted by Gasteiger charge is 2.24. The molecule has 84 valence electrons. The summed E-state index contributed by atoms with van der Waals surface area (Å²) >= 11 is 0. The molecule has 0 radical (unpaired) electrons. The summed E-state index contributed by atoms with van der Waals surface area (Å²) < 4.78 is 0. The lowest BCUT2D eigenvalue weighted by atomic mass is 9.92. The molecule has 0 amide bonds. The maximum absolute atomic E-state index is 10.7. The third-order valence-electron chi connectivity index (χ3n) is 2.26. The standard InChI is InChI=1S/C10H21NO3/c1-9(14)4-5-11(3)6-10(2,7-12)8-13/h12-13H,4-8H2,1-3H3. The Morgan fingerprint density at radius 3 is 2.21 bits per heavy atom. The van der Waals surface area contributed by atoms with Crippen LogP contribution in [0.15, 0.2) is 0 Å². The highest BCUT2D eigenvalue weighted by Crippen LogP contribution is 2.15. The van der Waals surface area contributed by atoms with Gasteiger partial charge >= 0.3 is 0 Å². The molecular weight excluding hydrogens is 182 g/mol. The van der Waals surface area contributed by atoms with Crippen molar-refractivity contribution in [1.82, 2.24) is 4.90 Å². The van der Waals surface area contributed by atoms with Crippen molar-refractivity contribution in [3.8, 4) is 0 Å². The second kappa shape index (κ2) is 6.11. The van der Waals surface area contributed by atoms with Gasteiger partial charge in [-0.3, -0.25) is 4.79 Å². The van der Waals surface area contributed by atoms with Gasteiger partial charge in [0.05, 0.1) is 13.2 Å². The molecule has 0 aliphatic heterocycles. The molecule has 0 aromatic carbocycles. The van der Waals surface area contributed by atoms with Crippen LogP contribution < -0.4 is 0 Å². The van der Waals surface area contributed by atoms with Gasteiger partial charge < -0.3 is 15.1 Å². The first-order chi connectivity index (χ1) is 6.43. The zero-order valence-electron chi connectivity index (χ0n) is 9.29. The highest BCUT2D eigenvalue weighted by molar-refractivity contribution is 5.75. The van der Waals surface area contributed by atoms with Gasteiger partial charge in [-0.25, -0.2) is 0 Å². The van der Waals surface area contributed by atoms with Crippen LogP contribution in [0.25, 0.3) is 0 Å². The summed E-state index contributed by atoms with van der Waals surface area (Å²) in [6.07, 6.45) is 0.517. The molecule has 14 heavy (non-hydrogen) atoms. The Labute approximate surface area is 85.5 Å². The van der Waals surface area contributed by atoms with Crippen LogP contribution >= 0.6 is 0 Å². The third-order valence-corrected chi connectivity index (χ3v) is 2.26. The van der Waals surface area contributed by atoms with Crippen molar-refractivity contribution >= 4 is 5.78 Å². The normalized spacial score (nSPS) is 12.1. The van der Waals surface area contributed by atoms with Crippen LogP contribution in [0.2, 0.25) is 0 Å². The Kier molecular flexibility index (Phi) is 5.92. The minimum atomic E-state index is -0.481. The smallest absolute Gasteiger partial charge is 0.131 e. The summed E-state index contributed by atoms with van der Waals surface area (Å²) in [5, 5.41) is 18.1. The third kappa shape index (κ3) is 5.32. The van der Waals surface area contributed by atoms with Crippen molar-refractivity contribution in [2.45, 2.75) is 20.3 Å². The van der Waals surface area contributed by atoms with Crippen molar-refractivity contribution < 1.29 is 15.0 Å². The molecule has 4 heteroatoms. The molecular formula is C10H21NO3. The zero-order chi connectivity index (χ0) is 11.2. The molecule has 0 saturated heterocycles. The van der Waals surface area contributed by atoms with Gasteiger partial charge in [-0.1, -0.05) is 6.92 Å². The fourth-order valence-electron chi connectivity index (χ4n) is 1.23. The Hall–Kier alpha value is -0.450. The summed E-state index contributed by atoms with van der Waals surface area (Å²) in [4.78, 5) is 12.7. The Bertz CT molecular complexity index is 178. The highest BCUT2D eigenvalue weighted by atomic mass is 16.3. The summed E-state index contributed by atoms with van der Waals surface area (Å²) in [5.41, 5.74) is -0.481. The van der Waals surface area contributed by atoms with Crippen LogP contribution in [0, 0.1) is 5.41 Å². The van der Waals surface area contributed by atoms with E-state index < -0.39 is 5.41 Å². The van der Waals surface area contributed by atoms with Gasteiger partial charge in [-0.05, 0) is 14.0 Å². The predicted molar refractivity (Wildman–Crippen MR) is 55.1 cm³/mol. The Morgan fingerprint density at radius 1 is 1.36 bits per heavy atom. The van der Waals surface area contributed by atoms with Gasteiger partial charge in [-0.15, -0.1) is 0 Å². The van der Waals surface area contributed by atoms with Crippen LogP contribution in [0.4, 0.5) is 0 Å². The maximum atomic E-state index is 10.7. The molecule has 0 unspecified atom stereocenters. The molecule has 0 heterocycles. The van der Waals surface area contributed by atoms with E-state index in [0.29, 0.717) is 19.5 Å². The van der Waals surface area contributed by atoms with E-state index in [1.807, 2.05) is 18.9 Å². The van der Waals surface area contributed by atoms with Crippen LogP contribution in [0.5, 0.6) is 0 Å². The lowest BCUT2D eigenvalue weighted by molar-refractivity contribution is -0.117. The molecule has 4 nitrogen and oxygen atoms in total. The number of rotatable bonds is 7. The van der Waals surface area contributed by atoms with Gasteiger partial charge in [0.15, 0.2) is 0 Å². The number of ketones is 1. The largest absolute Gasteiger partial charge is 0.396 e. The molecule has 0 aliphatic rings. The van der Waals surface area contributed by atoms with E-state index in [-0.39, 0.29) is 19.0 Å². The Morgan fingerprint density at radius 2 is 1.86 bits per heavy atom. The minimum Gasteiger partial charge on any atom is -0.396 e. The fourth-order valence-corrected chi connectivity index (χ4v) is 1.23. The number of hydrogen-bond donors (Lipinski definition) is 2. The second-order valence-corrected chi connectivity index (χ2v) is 4.32. The van der Waals surface area contributed by atoms with Crippen molar-refractivity contribution in [3.05, 3.63) is 0 Å². The summed E-state index contributed by atoms with van der Waals surface area (Å²) in [6, 6.07) is 0. The van der Waals surface area contributed by atoms with E-state index >= 15 is 0 Å².